The maximum absolute atomic E-state index is 11.6. The third-order valence-electron chi connectivity index (χ3n) is 3.57. The molecule has 0 aliphatic heterocycles. The summed E-state index contributed by atoms with van der Waals surface area (Å²) in [5.41, 5.74) is 9.32. The van der Waals surface area contributed by atoms with Crippen molar-refractivity contribution >= 4 is 11.7 Å². The molecule has 0 spiro atoms. The summed E-state index contributed by atoms with van der Waals surface area (Å²) in [6.07, 6.45) is 4.86. The van der Waals surface area contributed by atoms with Gasteiger partial charge in [0.25, 0.3) is 0 Å². The SMILES string of the molecule is COC(=O)C(=[N+]=[N-])c1ccccc1OCC1CCCC1. The zero-order chi connectivity index (χ0) is 14.4. The maximum Gasteiger partial charge on any atom is 0.422 e. The Balaban J connectivity index is 2.16. The van der Waals surface area contributed by atoms with E-state index in [1.165, 1.54) is 32.8 Å². The number of para-hydroxylation sites is 1. The summed E-state index contributed by atoms with van der Waals surface area (Å²) in [5.74, 6) is 0.415. The van der Waals surface area contributed by atoms with Gasteiger partial charge in [-0.05, 0) is 30.9 Å². The van der Waals surface area contributed by atoms with E-state index in [-0.39, 0.29) is 5.71 Å². The van der Waals surface area contributed by atoms with Gasteiger partial charge in [0.15, 0.2) is 0 Å². The second-order valence-electron chi connectivity index (χ2n) is 4.90. The number of carbonyl (C=O) groups excluding carboxylic acids is 1. The van der Waals surface area contributed by atoms with Crippen molar-refractivity contribution in [3.8, 4) is 5.75 Å². The molecular formula is C15H18N2O3. The van der Waals surface area contributed by atoms with Gasteiger partial charge in [-0.15, -0.1) is 0 Å². The van der Waals surface area contributed by atoms with Gasteiger partial charge in [0.05, 0.1) is 13.7 Å². The highest BCUT2D eigenvalue weighted by Gasteiger charge is 2.27. The quantitative estimate of drug-likeness (QED) is 0.358. The van der Waals surface area contributed by atoms with Crippen LogP contribution in [-0.4, -0.2) is 30.2 Å². The van der Waals surface area contributed by atoms with Gasteiger partial charge in [-0.1, -0.05) is 25.0 Å². The van der Waals surface area contributed by atoms with Crippen LogP contribution in [0.1, 0.15) is 31.2 Å². The molecule has 1 aromatic carbocycles. The summed E-state index contributed by atoms with van der Waals surface area (Å²) in [4.78, 5) is 14.6. The number of benzene rings is 1. The molecule has 20 heavy (non-hydrogen) atoms. The molecule has 0 bridgehead atoms. The molecule has 0 heterocycles. The topological polar surface area (TPSA) is 71.9 Å². The molecule has 0 atom stereocenters. The fourth-order valence-corrected chi connectivity index (χ4v) is 2.47. The average Bonchev–Trinajstić information content (AvgIpc) is 3.00. The molecule has 0 radical (unpaired) electrons. The van der Waals surface area contributed by atoms with Gasteiger partial charge in [-0.2, -0.15) is 4.79 Å². The molecular weight excluding hydrogens is 256 g/mol. The van der Waals surface area contributed by atoms with Gasteiger partial charge in [0, 0.05) is 0 Å². The standard InChI is InChI=1S/C15H18N2O3/c1-19-15(18)14(17-16)12-8-4-5-9-13(12)20-10-11-6-2-3-7-11/h4-5,8-9,11H,2-3,6-7,10H2,1H3. The van der Waals surface area contributed by atoms with Gasteiger partial charge in [0.1, 0.15) is 11.3 Å². The molecule has 1 saturated carbocycles. The molecule has 1 aliphatic rings. The molecule has 0 amide bonds. The lowest BCUT2D eigenvalue weighted by molar-refractivity contribution is -0.137. The molecule has 0 aromatic heterocycles. The Hall–Kier alpha value is -2.13. The van der Waals surface area contributed by atoms with Crippen LogP contribution in [0.4, 0.5) is 0 Å². The van der Waals surface area contributed by atoms with Crippen LogP contribution in [0, 0.1) is 5.92 Å². The Bertz CT molecular complexity index is 530. The first-order chi connectivity index (χ1) is 9.76. The van der Waals surface area contributed by atoms with Gasteiger partial charge in [-0.3, -0.25) is 0 Å². The minimum absolute atomic E-state index is 0.144. The van der Waals surface area contributed by atoms with Crippen LogP contribution in [0.5, 0.6) is 5.75 Å². The highest BCUT2D eigenvalue weighted by atomic mass is 16.5. The summed E-state index contributed by atoms with van der Waals surface area (Å²) in [5, 5.41) is 0. The lowest BCUT2D eigenvalue weighted by atomic mass is 10.1. The van der Waals surface area contributed by atoms with Crippen LogP contribution in [-0.2, 0) is 9.53 Å². The molecule has 0 saturated heterocycles. The van der Waals surface area contributed by atoms with Crippen LogP contribution in [0.15, 0.2) is 24.3 Å². The molecule has 0 unspecified atom stereocenters. The largest absolute Gasteiger partial charge is 0.492 e. The van der Waals surface area contributed by atoms with Gasteiger partial charge in [0.2, 0.25) is 0 Å². The lowest BCUT2D eigenvalue weighted by Crippen LogP contribution is -2.20. The first-order valence-corrected chi connectivity index (χ1v) is 6.78. The summed E-state index contributed by atoms with van der Waals surface area (Å²) in [7, 11) is 1.25. The van der Waals surface area contributed by atoms with E-state index in [9.17, 15) is 4.79 Å². The molecule has 106 valence electrons. The lowest BCUT2D eigenvalue weighted by Gasteiger charge is -2.12. The molecule has 1 aromatic rings. The number of hydrogen-bond acceptors (Lipinski definition) is 3. The van der Waals surface area contributed by atoms with E-state index >= 15 is 0 Å². The second kappa shape index (κ2) is 6.87. The number of rotatable bonds is 5. The number of hydrogen-bond donors (Lipinski definition) is 0. The van der Waals surface area contributed by atoms with Crippen molar-refractivity contribution in [3.63, 3.8) is 0 Å². The minimum Gasteiger partial charge on any atom is -0.492 e. The highest BCUT2D eigenvalue weighted by molar-refractivity contribution is 6.41. The zero-order valence-electron chi connectivity index (χ0n) is 11.5. The van der Waals surface area contributed by atoms with Gasteiger partial charge >= 0.3 is 11.7 Å². The predicted octanol–water partition coefficient (Wildman–Crippen LogP) is 2.45. The predicted molar refractivity (Wildman–Crippen MR) is 73.6 cm³/mol. The van der Waals surface area contributed by atoms with E-state index in [1.54, 1.807) is 18.2 Å². The molecule has 5 heteroatoms. The van der Waals surface area contributed by atoms with Crippen LogP contribution >= 0.6 is 0 Å². The van der Waals surface area contributed by atoms with Crippen LogP contribution in [0.2, 0.25) is 0 Å². The maximum atomic E-state index is 11.6. The Labute approximate surface area is 118 Å². The van der Waals surface area contributed by atoms with Crippen molar-refractivity contribution in [1.29, 1.82) is 0 Å². The third-order valence-corrected chi connectivity index (χ3v) is 3.57. The fourth-order valence-electron chi connectivity index (χ4n) is 2.47. The monoisotopic (exact) mass is 274 g/mol. The number of carbonyl (C=O) groups is 1. The fraction of sp³-hybridized carbons (Fsp3) is 0.467. The summed E-state index contributed by atoms with van der Waals surface area (Å²) in [6.45, 7) is 0.622. The van der Waals surface area contributed by atoms with Crippen molar-refractivity contribution in [2.24, 2.45) is 5.92 Å². The van der Waals surface area contributed by atoms with Crippen LogP contribution in [0.25, 0.3) is 5.53 Å². The number of methoxy groups -OCH3 is 1. The van der Waals surface area contributed by atoms with Crippen molar-refractivity contribution in [2.75, 3.05) is 13.7 Å². The van der Waals surface area contributed by atoms with E-state index in [0.717, 1.165) is 0 Å². The smallest absolute Gasteiger partial charge is 0.422 e. The van der Waals surface area contributed by atoms with E-state index < -0.39 is 5.97 Å². The Kier molecular flexibility index (Phi) is 4.91. The van der Waals surface area contributed by atoms with Gasteiger partial charge in [-0.25, -0.2) is 4.79 Å². The van der Waals surface area contributed by atoms with Crippen molar-refractivity contribution in [3.05, 3.63) is 35.4 Å². The summed E-state index contributed by atoms with van der Waals surface area (Å²) >= 11 is 0. The van der Waals surface area contributed by atoms with Crippen molar-refractivity contribution in [2.45, 2.75) is 25.7 Å². The van der Waals surface area contributed by atoms with E-state index in [4.69, 9.17) is 10.3 Å². The molecule has 1 aliphatic carbocycles. The molecule has 1 fully saturated rings. The Morgan fingerprint density at radius 1 is 1.35 bits per heavy atom. The molecule has 2 rings (SSSR count). The first-order valence-electron chi connectivity index (χ1n) is 6.78. The average molecular weight is 274 g/mol. The number of ether oxygens (including phenoxy) is 2. The molecule has 5 nitrogen and oxygen atoms in total. The van der Waals surface area contributed by atoms with Crippen LogP contribution < -0.4 is 4.74 Å². The highest BCUT2D eigenvalue weighted by Crippen LogP contribution is 2.26. The van der Waals surface area contributed by atoms with E-state index in [1.807, 2.05) is 6.07 Å². The minimum atomic E-state index is -0.690. The molecule has 0 N–H and O–H groups in total. The third kappa shape index (κ3) is 3.25. The van der Waals surface area contributed by atoms with E-state index in [0.29, 0.717) is 23.8 Å². The van der Waals surface area contributed by atoms with E-state index in [2.05, 4.69) is 9.53 Å². The van der Waals surface area contributed by atoms with Gasteiger partial charge < -0.3 is 15.0 Å². The van der Waals surface area contributed by atoms with Crippen molar-refractivity contribution < 1.29 is 19.1 Å². The summed E-state index contributed by atoms with van der Waals surface area (Å²) in [6, 6.07) is 7.01. The van der Waals surface area contributed by atoms with Crippen LogP contribution in [0.3, 0.4) is 0 Å². The Morgan fingerprint density at radius 3 is 2.70 bits per heavy atom. The second-order valence-corrected chi connectivity index (χ2v) is 4.90. The summed E-state index contributed by atoms with van der Waals surface area (Å²) < 4.78 is 10.4. The Morgan fingerprint density at radius 2 is 2.05 bits per heavy atom. The number of esters is 1. The normalized spacial score (nSPS) is 14.7. The zero-order valence-corrected chi connectivity index (χ0v) is 11.5. The number of nitrogens with zero attached hydrogens (tertiary/aromatic N) is 2. The van der Waals surface area contributed by atoms with Crippen molar-refractivity contribution in [1.82, 2.24) is 0 Å². The first kappa shape index (κ1) is 14.3.